The lowest BCUT2D eigenvalue weighted by molar-refractivity contribution is 0.357. The molecule has 0 amide bonds. The number of pyridine rings is 1. The molecule has 1 aliphatic rings. The van der Waals surface area contributed by atoms with Crippen molar-refractivity contribution in [1.82, 2.24) is 14.9 Å². The monoisotopic (exact) mass is 527 g/mol. The van der Waals surface area contributed by atoms with E-state index in [0.717, 1.165) is 64.7 Å². The second kappa shape index (κ2) is 9.12. The number of aromatic amines is 1. The Morgan fingerprint density at radius 3 is 2.61 bits per heavy atom. The lowest BCUT2D eigenvalue weighted by Gasteiger charge is -2.32. The van der Waals surface area contributed by atoms with Crippen molar-refractivity contribution in [1.29, 1.82) is 0 Å². The Balaban J connectivity index is 1.73. The fourth-order valence-corrected chi connectivity index (χ4v) is 5.96. The van der Waals surface area contributed by atoms with E-state index < -0.39 is 10.2 Å². The van der Waals surface area contributed by atoms with E-state index in [1.54, 1.807) is 12.1 Å². The predicted molar refractivity (Wildman–Crippen MR) is 150 cm³/mol. The molecule has 0 unspecified atom stereocenters. The number of halogens is 1. The molecule has 2 aromatic heterocycles. The molecule has 38 heavy (non-hydrogen) atoms. The zero-order chi connectivity index (χ0) is 26.6. The van der Waals surface area contributed by atoms with Crippen LogP contribution in [0.2, 0.25) is 0 Å². The summed E-state index contributed by atoms with van der Waals surface area (Å²) in [5, 5.41) is 5.38. The number of aryl methyl sites for hydroxylation is 1. The van der Waals surface area contributed by atoms with Crippen molar-refractivity contribution >= 4 is 43.1 Å². The van der Waals surface area contributed by atoms with Crippen molar-refractivity contribution in [2.45, 2.75) is 37.1 Å². The molecular weight excluding hydrogens is 501 g/mol. The molecule has 5 aromatic rings. The van der Waals surface area contributed by atoms with Crippen LogP contribution in [0.25, 0.3) is 44.0 Å². The molecule has 3 aromatic carbocycles. The lowest BCUT2D eigenvalue weighted by atomic mass is 9.93. The molecule has 0 saturated carbocycles. The van der Waals surface area contributed by atoms with Gasteiger partial charge in [0.15, 0.2) is 5.43 Å². The number of terminal acetylenes is 1. The standard InChI is InChI=1S/C30H26FN3O3S/c1-3-5-7-20-14-25-27(15-24(20)19-8-6-9-22(13-19)38(31,36)37)34(21-16-32-17-21)30-28(29(25)35)23-11-10-18(4-2)12-26(23)33-30/h2,6,8-15,21,32-33H,3,5,7,16-17H2,1H3. The zero-order valence-electron chi connectivity index (χ0n) is 20.8. The highest BCUT2D eigenvalue weighted by molar-refractivity contribution is 7.86. The van der Waals surface area contributed by atoms with Crippen molar-refractivity contribution < 1.29 is 12.3 Å². The molecule has 0 atom stereocenters. The van der Waals surface area contributed by atoms with Crippen LogP contribution in [-0.2, 0) is 16.6 Å². The molecule has 8 heteroatoms. The predicted octanol–water partition coefficient (Wildman–Crippen LogP) is 5.43. The second-order valence-electron chi connectivity index (χ2n) is 9.86. The number of nitrogens with zero attached hydrogens (tertiary/aromatic N) is 1. The van der Waals surface area contributed by atoms with Gasteiger partial charge in [0, 0.05) is 34.9 Å². The second-order valence-corrected chi connectivity index (χ2v) is 11.2. The highest BCUT2D eigenvalue weighted by Gasteiger charge is 2.26. The summed E-state index contributed by atoms with van der Waals surface area (Å²) in [5.74, 6) is 2.65. The average molecular weight is 528 g/mol. The topological polar surface area (TPSA) is 84.0 Å². The van der Waals surface area contributed by atoms with Crippen molar-refractivity contribution in [2.75, 3.05) is 13.1 Å². The van der Waals surface area contributed by atoms with Crippen LogP contribution in [0.15, 0.2) is 64.3 Å². The summed E-state index contributed by atoms with van der Waals surface area (Å²) in [4.78, 5) is 17.1. The van der Waals surface area contributed by atoms with Gasteiger partial charge in [-0.15, -0.1) is 10.3 Å². The first-order valence-corrected chi connectivity index (χ1v) is 14.1. The fourth-order valence-electron chi connectivity index (χ4n) is 5.45. The summed E-state index contributed by atoms with van der Waals surface area (Å²) >= 11 is 0. The third-order valence-corrected chi connectivity index (χ3v) is 8.31. The summed E-state index contributed by atoms with van der Waals surface area (Å²) in [7, 11) is -4.86. The van der Waals surface area contributed by atoms with E-state index in [-0.39, 0.29) is 16.4 Å². The number of unbranched alkanes of at least 4 members (excludes halogenated alkanes) is 1. The molecule has 2 N–H and O–H groups in total. The third-order valence-electron chi connectivity index (χ3n) is 7.49. The van der Waals surface area contributed by atoms with Crippen LogP contribution >= 0.6 is 0 Å². The Morgan fingerprint density at radius 2 is 1.92 bits per heavy atom. The van der Waals surface area contributed by atoms with Crippen molar-refractivity contribution in [3.8, 4) is 23.5 Å². The first-order chi connectivity index (χ1) is 18.3. The Kier molecular flexibility index (Phi) is 5.86. The highest BCUT2D eigenvalue weighted by atomic mass is 32.3. The molecule has 0 aliphatic carbocycles. The van der Waals surface area contributed by atoms with Crippen LogP contribution in [0.1, 0.15) is 36.9 Å². The Morgan fingerprint density at radius 1 is 1.11 bits per heavy atom. The first kappa shape index (κ1) is 24.4. The van der Waals surface area contributed by atoms with E-state index in [0.29, 0.717) is 22.8 Å². The molecule has 3 heterocycles. The van der Waals surface area contributed by atoms with E-state index in [1.807, 2.05) is 30.3 Å². The third kappa shape index (κ3) is 3.90. The molecule has 192 valence electrons. The minimum absolute atomic E-state index is 0.0670. The Bertz CT molecular complexity index is 1960. The smallest absolute Gasteiger partial charge is 0.332 e. The minimum Gasteiger partial charge on any atom is -0.340 e. The van der Waals surface area contributed by atoms with E-state index in [2.05, 4.69) is 27.7 Å². The lowest BCUT2D eigenvalue weighted by Crippen LogP contribution is -2.44. The number of rotatable bonds is 6. The molecule has 1 saturated heterocycles. The van der Waals surface area contributed by atoms with E-state index in [1.165, 1.54) is 12.1 Å². The summed E-state index contributed by atoms with van der Waals surface area (Å²) in [6.45, 7) is 3.59. The Labute approximate surface area is 219 Å². The highest BCUT2D eigenvalue weighted by Crippen LogP contribution is 2.35. The maximum Gasteiger partial charge on any atom is 0.332 e. The van der Waals surface area contributed by atoms with Gasteiger partial charge in [-0.05, 0) is 65.9 Å². The van der Waals surface area contributed by atoms with Gasteiger partial charge in [0.05, 0.1) is 21.8 Å². The number of fused-ring (bicyclic) bond motifs is 4. The molecule has 0 radical (unpaired) electrons. The number of hydrogen-bond acceptors (Lipinski definition) is 4. The molecule has 6 rings (SSSR count). The zero-order valence-corrected chi connectivity index (χ0v) is 21.7. The molecule has 0 spiro atoms. The van der Waals surface area contributed by atoms with Crippen molar-refractivity contribution in [2.24, 2.45) is 0 Å². The quantitative estimate of drug-likeness (QED) is 0.228. The van der Waals surface area contributed by atoms with Gasteiger partial charge < -0.3 is 14.9 Å². The number of hydrogen-bond donors (Lipinski definition) is 2. The van der Waals surface area contributed by atoms with Gasteiger partial charge in [-0.3, -0.25) is 4.79 Å². The van der Waals surface area contributed by atoms with Crippen LogP contribution in [-0.4, -0.2) is 31.1 Å². The fraction of sp³-hybridized carbons (Fsp3) is 0.233. The maximum atomic E-state index is 14.0. The number of nitrogens with one attached hydrogen (secondary N) is 2. The van der Waals surface area contributed by atoms with Gasteiger partial charge in [0.1, 0.15) is 5.65 Å². The van der Waals surface area contributed by atoms with E-state index in [4.69, 9.17) is 6.42 Å². The summed E-state index contributed by atoms with van der Waals surface area (Å²) < 4.78 is 39.4. The molecule has 1 fully saturated rings. The number of H-pyrrole nitrogens is 1. The number of aromatic nitrogens is 2. The normalized spacial score (nSPS) is 14.2. The van der Waals surface area contributed by atoms with E-state index in [9.17, 15) is 17.1 Å². The van der Waals surface area contributed by atoms with Gasteiger partial charge >= 0.3 is 10.2 Å². The summed E-state index contributed by atoms with van der Waals surface area (Å²) in [5.41, 5.74) is 5.26. The molecule has 1 aliphatic heterocycles. The van der Waals surface area contributed by atoms with Gasteiger partial charge in [0.25, 0.3) is 0 Å². The Hall–Kier alpha value is -3.93. The van der Waals surface area contributed by atoms with Crippen LogP contribution in [0.5, 0.6) is 0 Å². The first-order valence-electron chi connectivity index (χ1n) is 12.7. The average Bonchev–Trinajstić information content (AvgIpc) is 3.26. The van der Waals surface area contributed by atoms with Gasteiger partial charge in [-0.1, -0.05) is 37.5 Å². The van der Waals surface area contributed by atoms with Crippen LogP contribution in [0.3, 0.4) is 0 Å². The summed E-state index contributed by atoms with van der Waals surface area (Å²) in [6, 6.07) is 15.6. The molecular formula is C30H26FN3O3S. The largest absolute Gasteiger partial charge is 0.340 e. The van der Waals surface area contributed by atoms with Crippen molar-refractivity contribution in [3.63, 3.8) is 0 Å². The van der Waals surface area contributed by atoms with Gasteiger partial charge in [-0.2, -0.15) is 8.42 Å². The van der Waals surface area contributed by atoms with Crippen LogP contribution in [0.4, 0.5) is 3.89 Å². The molecule has 0 bridgehead atoms. The van der Waals surface area contributed by atoms with Crippen molar-refractivity contribution in [3.05, 3.63) is 75.9 Å². The SMILES string of the molecule is C#Cc1ccc2c(c1)[nH]c1c2c(=O)c2cc(CCCC)c(-c3cccc(S(=O)(=O)F)c3)cc2n1C1CNC1. The summed E-state index contributed by atoms with van der Waals surface area (Å²) in [6.07, 6.45) is 8.17. The van der Waals surface area contributed by atoms with E-state index >= 15 is 0 Å². The molecule has 6 nitrogen and oxygen atoms in total. The van der Waals surface area contributed by atoms with Crippen LogP contribution < -0.4 is 10.7 Å². The van der Waals surface area contributed by atoms with Crippen LogP contribution in [0, 0.1) is 12.3 Å². The maximum absolute atomic E-state index is 14.0. The van der Waals surface area contributed by atoms with Gasteiger partial charge in [0.2, 0.25) is 0 Å². The van der Waals surface area contributed by atoms with Gasteiger partial charge in [-0.25, -0.2) is 0 Å². The number of benzene rings is 3. The minimum atomic E-state index is -4.86.